The van der Waals surface area contributed by atoms with Crippen LogP contribution in [0.15, 0.2) is 0 Å². The molecule has 6 heteroatoms. The molecule has 0 aromatic rings. The Morgan fingerprint density at radius 1 is 1.71 bits per heavy atom. The van der Waals surface area contributed by atoms with Gasteiger partial charge in [-0.15, -0.1) is 6.42 Å². The number of carbonyl (C=O) groups is 1. The van der Waals surface area contributed by atoms with E-state index in [-0.39, 0.29) is 11.1 Å². The van der Waals surface area contributed by atoms with Crippen LogP contribution in [0.2, 0.25) is 0 Å². The molecule has 0 bridgehead atoms. The van der Waals surface area contributed by atoms with Crippen LogP contribution in [0, 0.1) is 12.3 Å². The third kappa shape index (κ3) is 6.02. The van der Waals surface area contributed by atoms with Crippen LogP contribution in [0.25, 0.3) is 0 Å². The van der Waals surface area contributed by atoms with Crippen LogP contribution < -0.4 is 5.43 Å². The van der Waals surface area contributed by atoms with Gasteiger partial charge < -0.3 is 4.74 Å². The lowest BCUT2D eigenvalue weighted by Gasteiger charge is -2.20. The Morgan fingerprint density at radius 2 is 2.36 bits per heavy atom. The van der Waals surface area contributed by atoms with E-state index in [1.54, 1.807) is 6.92 Å². The van der Waals surface area contributed by atoms with Crippen molar-refractivity contribution in [1.29, 1.82) is 0 Å². The predicted molar refractivity (Wildman–Crippen MR) is 62.3 cm³/mol. The molecule has 1 N–H and O–H groups in total. The van der Waals surface area contributed by atoms with Crippen molar-refractivity contribution in [3.63, 3.8) is 0 Å². The molecule has 1 amide bonds. The summed E-state index contributed by atoms with van der Waals surface area (Å²) in [4.78, 5) is 11.2. The number of rotatable bonds is 5. The summed E-state index contributed by atoms with van der Waals surface area (Å²) in [6.07, 6.45) is 4.60. The smallest absolute Gasteiger partial charge is 0.425 e. The molecule has 0 aromatic carbocycles. The molecule has 14 heavy (non-hydrogen) atoms. The summed E-state index contributed by atoms with van der Waals surface area (Å²) >= 11 is 8.07. The Kier molecular flexibility index (Phi) is 7.57. The number of hydrazine groups is 1. The molecular formula is C8H14N2O2S2. The number of amides is 1. The van der Waals surface area contributed by atoms with E-state index in [2.05, 4.69) is 36.6 Å². The Hall–Kier alpha value is -0.510. The predicted octanol–water partition coefficient (Wildman–Crippen LogP) is 0.768. The second kappa shape index (κ2) is 7.85. The van der Waals surface area contributed by atoms with Crippen molar-refractivity contribution in [2.75, 3.05) is 19.7 Å². The van der Waals surface area contributed by atoms with E-state index in [0.717, 1.165) is 0 Å². The van der Waals surface area contributed by atoms with Crippen LogP contribution in [-0.4, -0.2) is 35.4 Å². The van der Waals surface area contributed by atoms with Gasteiger partial charge in [0.15, 0.2) is 0 Å². The monoisotopic (exact) mass is 234 g/mol. The molecule has 80 valence electrons. The van der Waals surface area contributed by atoms with Gasteiger partial charge in [0.2, 0.25) is 0 Å². The van der Waals surface area contributed by atoms with Gasteiger partial charge >= 0.3 is 6.09 Å². The average Bonchev–Trinajstić information content (AvgIpc) is 2.12. The molecule has 0 radical (unpaired) electrons. The SMILES string of the molecule is C#CCN(NCC(S)S)C(=O)OCC. The lowest BCUT2D eigenvalue weighted by molar-refractivity contribution is 0.0939. The fourth-order valence-electron chi connectivity index (χ4n) is 0.670. The van der Waals surface area contributed by atoms with Crippen LogP contribution in [0.3, 0.4) is 0 Å². The number of nitrogens with one attached hydrogen (secondary N) is 1. The normalized spacial score (nSPS) is 9.64. The number of terminal acetylenes is 1. The molecule has 0 rings (SSSR count). The first-order chi connectivity index (χ1) is 6.61. The van der Waals surface area contributed by atoms with Gasteiger partial charge in [0, 0.05) is 6.54 Å². The van der Waals surface area contributed by atoms with E-state index >= 15 is 0 Å². The summed E-state index contributed by atoms with van der Waals surface area (Å²) in [5, 5.41) is 1.21. The third-order valence-corrected chi connectivity index (χ3v) is 1.57. The zero-order valence-electron chi connectivity index (χ0n) is 7.93. The molecule has 0 unspecified atom stereocenters. The number of hydrogen-bond acceptors (Lipinski definition) is 5. The zero-order chi connectivity index (χ0) is 11.0. The Balaban J connectivity index is 4.01. The molecular weight excluding hydrogens is 220 g/mol. The summed E-state index contributed by atoms with van der Waals surface area (Å²) in [6.45, 7) is 2.61. The molecule has 0 aliphatic heterocycles. The molecule has 0 saturated heterocycles. The second-order valence-electron chi connectivity index (χ2n) is 2.33. The highest BCUT2D eigenvalue weighted by molar-refractivity contribution is 7.99. The van der Waals surface area contributed by atoms with Crippen molar-refractivity contribution in [2.24, 2.45) is 0 Å². The first kappa shape index (κ1) is 13.5. The highest BCUT2D eigenvalue weighted by atomic mass is 32.2. The Morgan fingerprint density at radius 3 is 2.79 bits per heavy atom. The van der Waals surface area contributed by atoms with Crippen LogP contribution in [0.4, 0.5) is 4.79 Å². The lowest BCUT2D eigenvalue weighted by atomic mass is 10.6. The largest absolute Gasteiger partial charge is 0.449 e. The number of carbonyl (C=O) groups excluding carboxylic acids is 1. The number of thiol groups is 2. The van der Waals surface area contributed by atoms with Crippen molar-refractivity contribution in [2.45, 2.75) is 11.5 Å². The summed E-state index contributed by atoms with van der Waals surface area (Å²) in [7, 11) is 0. The standard InChI is InChI=1S/C8H14N2O2S2/c1-3-5-10(8(11)12-4-2)9-6-7(13)14/h1,7,9,13-14H,4-6H2,2H3. The van der Waals surface area contributed by atoms with Gasteiger partial charge in [-0.25, -0.2) is 15.2 Å². The molecule has 0 aromatic heterocycles. The summed E-state index contributed by atoms with van der Waals surface area (Å²) < 4.78 is 4.61. The maximum Gasteiger partial charge on any atom is 0.425 e. The minimum atomic E-state index is -0.493. The van der Waals surface area contributed by atoms with Gasteiger partial charge in [0.1, 0.15) is 6.54 Å². The van der Waals surface area contributed by atoms with Gasteiger partial charge in [-0.3, -0.25) is 0 Å². The molecule has 0 saturated carbocycles. The Labute approximate surface area is 95.2 Å². The number of ether oxygens (including phenoxy) is 1. The molecule has 0 aliphatic rings. The van der Waals surface area contributed by atoms with Crippen LogP contribution in [-0.2, 0) is 4.74 Å². The third-order valence-electron chi connectivity index (χ3n) is 1.20. The molecule has 0 spiro atoms. The Bertz CT molecular complexity index is 216. The van der Waals surface area contributed by atoms with Gasteiger partial charge in [0.05, 0.1) is 11.2 Å². The van der Waals surface area contributed by atoms with Gasteiger partial charge in [-0.05, 0) is 6.92 Å². The van der Waals surface area contributed by atoms with Crippen LogP contribution >= 0.6 is 25.3 Å². The summed E-state index contributed by atoms with van der Waals surface area (Å²) in [5.74, 6) is 2.34. The van der Waals surface area contributed by atoms with Crippen molar-refractivity contribution < 1.29 is 9.53 Å². The molecule has 0 heterocycles. The quantitative estimate of drug-likeness (QED) is 0.285. The van der Waals surface area contributed by atoms with Crippen molar-refractivity contribution in [3.05, 3.63) is 0 Å². The average molecular weight is 234 g/mol. The van der Waals surface area contributed by atoms with Crippen LogP contribution in [0.1, 0.15) is 6.92 Å². The van der Waals surface area contributed by atoms with E-state index in [1.807, 2.05) is 0 Å². The fraction of sp³-hybridized carbons (Fsp3) is 0.625. The van der Waals surface area contributed by atoms with Gasteiger partial charge in [-0.1, -0.05) is 5.92 Å². The maximum absolute atomic E-state index is 11.2. The number of hydrogen-bond donors (Lipinski definition) is 3. The van der Waals surface area contributed by atoms with E-state index in [1.165, 1.54) is 5.01 Å². The fourth-order valence-corrected chi connectivity index (χ4v) is 0.833. The highest BCUT2D eigenvalue weighted by Crippen LogP contribution is 1.98. The van der Waals surface area contributed by atoms with Crippen LogP contribution in [0.5, 0.6) is 0 Å². The molecule has 0 atom stereocenters. The second-order valence-corrected chi connectivity index (χ2v) is 3.99. The minimum Gasteiger partial charge on any atom is -0.449 e. The molecule has 0 fully saturated rings. The minimum absolute atomic E-state index is 0.146. The topological polar surface area (TPSA) is 41.6 Å². The van der Waals surface area contributed by atoms with Crippen molar-refractivity contribution >= 4 is 31.4 Å². The van der Waals surface area contributed by atoms with E-state index in [9.17, 15) is 4.79 Å². The first-order valence-corrected chi connectivity index (χ1v) is 5.12. The van der Waals surface area contributed by atoms with E-state index in [4.69, 9.17) is 11.2 Å². The van der Waals surface area contributed by atoms with Crippen molar-refractivity contribution in [1.82, 2.24) is 10.4 Å². The van der Waals surface area contributed by atoms with Crippen molar-refractivity contribution in [3.8, 4) is 12.3 Å². The number of nitrogens with zero attached hydrogens (tertiary/aromatic N) is 1. The van der Waals surface area contributed by atoms with E-state index in [0.29, 0.717) is 13.2 Å². The van der Waals surface area contributed by atoms with Gasteiger partial charge in [-0.2, -0.15) is 25.3 Å². The lowest BCUT2D eigenvalue weighted by Crippen LogP contribution is -2.45. The highest BCUT2D eigenvalue weighted by Gasteiger charge is 2.12. The first-order valence-electron chi connectivity index (χ1n) is 4.09. The van der Waals surface area contributed by atoms with Gasteiger partial charge in [0.25, 0.3) is 0 Å². The summed E-state index contributed by atoms with van der Waals surface area (Å²) in [6, 6.07) is 0. The summed E-state index contributed by atoms with van der Waals surface area (Å²) in [5.41, 5.74) is 2.77. The maximum atomic E-state index is 11.2. The van der Waals surface area contributed by atoms with E-state index < -0.39 is 6.09 Å². The zero-order valence-corrected chi connectivity index (χ0v) is 9.72. The molecule has 0 aliphatic carbocycles. The molecule has 4 nitrogen and oxygen atoms in total.